The van der Waals surface area contributed by atoms with Crippen LogP contribution in [0.3, 0.4) is 0 Å². The van der Waals surface area contributed by atoms with Crippen molar-refractivity contribution in [1.82, 2.24) is 14.8 Å². The molecule has 2 heterocycles. The zero-order chi connectivity index (χ0) is 17.7. The highest BCUT2D eigenvalue weighted by molar-refractivity contribution is 5.55. The van der Waals surface area contributed by atoms with E-state index in [1.807, 2.05) is 19.1 Å². The summed E-state index contributed by atoms with van der Waals surface area (Å²) < 4.78 is 0. The van der Waals surface area contributed by atoms with E-state index in [9.17, 15) is 10.4 Å². The van der Waals surface area contributed by atoms with E-state index in [2.05, 4.69) is 46.9 Å². The summed E-state index contributed by atoms with van der Waals surface area (Å²) >= 11 is 0. The number of pyridine rings is 1. The first-order valence-electron chi connectivity index (χ1n) is 8.51. The zero-order valence-electron chi connectivity index (χ0n) is 15.2. The monoisotopic (exact) mass is 331 g/mol. The fourth-order valence-electron chi connectivity index (χ4n) is 3.26. The lowest BCUT2D eigenvalue weighted by Crippen LogP contribution is -2.35. The molecule has 1 fully saturated rings. The first-order valence-corrected chi connectivity index (χ1v) is 8.51. The highest BCUT2D eigenvalue weighted by Crippen LogP contribution is 2.29. The van der Waals surface area contributed by atoms with Crippen LogP contribution in [0, 0.1) is 30.1 Å². The van der Waals surface area contributed by atoms with E-state index in [-0.39, 0.29) is 12.5 Å². The lowest BCUT2D eigenvalue weighted by atomic mass is 9.96. The average molecular weight is 331 g/mol. The first kappa shape index (κ1) is 18.7. The van der Waals surface area contributed by atoms with Crippen LogP contribution in [0.5, 0.6) is 0 Å². The Morgan fingerprint density at radius 3 is 2.58 bits per heavy atom. The summed E-state index contributed by atoms with van der Waals surface area (Å²) in [6, 6.07) is 5.94. The van der Waals surface area contributed by atoms with Crippen LogP contribution in [0.1, 0.15) is 11.3 Å². The van der Waals surface area contributed by atoms with Gasteiger partial charge in [0.05, 0.1) is 5.56 Å². The van der Waals surface area contributed by atoms with Gasteiger partial charge in [0.25, 0.3) is 0 Å². The van der Waals surface area contributed by atoms with E-state index in [1.165, 1.54) is 0 Å². The first-order chi connectivity index (χ1) is 11.4. The smallest absolute Gasteiger partial charge is 0.146 e. The maximum Gasteiger partial charge on any atom is 0.146 e. The molecule has 0 aromatic carbocycles. The predicted molar refractivity (Wildman–Crippen MR) is 96.0 cm³/mol. The number of rotatable bonds is 7. The van der Waals surface area contributed by atoms with Gasteiger partial charge in [0.15, 0.2) is 0 Å². The third-order valence-electron chi connectivity index (χ3n) is 4.72. The summed E-state index contributed by atoms with van der Waals surface area (Å²) in [5.41, 5.74) is 1.52. The largest absolute Gasteiger partial charge is 0.396 e. The SMILES string of the molecule is Cc1ccc(C#N)c(N2C[C@@H](CN(C)CCN(C)C)[C@@H](CO)C2)n1. The third kappa shape index (κ3) is 4.67. The van der Waals surface area contributed by atoms with Crippen LogP contribution < -0.4 is 4.90 Å². The predicted octanol–water partition coefficient (Wildman–Crippen LogP) is 0.800. The summed E-state index contributed by atoms with van der Waals surface area (Å²) in [5, 5.41) is 19.1. The van der Waals surface area contributed by atoms with Gasteiger partial charge in [-0.1, -0.05) is 0 Å². The molecule has 132 valence electrons. The van der Waals surface area contributed by atoms with Gasteiger partial charge in [0.1, 0.15) is 11.9 Å². The summed E-state index contributed by atoms with van der Waals surface area (Å²) in [6.07, 6.45) is 0. The zero-order valence-corrected chi connectivity index (χ0v) is 15.2. The topological polar surface area (TPSA) is 66.6 Å². The van der Waals surface area contributed by atoms with Gasteiger partial charge in [0.2, 0.25) is 0 Å². The lowest BCUT2D eigenvalue weighted by molar-refractivity contribution is 0.171. The Kier molecular flexibility index (Phi) is 6.55. The van der Waals surface area contributed by atoms with Crippen LogP contribution in [0.25, 0.3) is 0 Å². The summed E-state index contributed by atoms with van der Waals surface area (Å²) in [4.78, 5) is 11.2. The van der Waals surface area contributed by atoms with Gasteiger partial charge >= 0.3 is 0 Å². The second-order valence-electron chi connectivity index (χ2n) is 7.11. The van der Waals surface area contributed by atoms with Crippen molar-refractivity contribution in [3.8, 4) is 6.07 Å². The molecular formula is C18H29N5O. The van der Waals surface area contributed by atoms with E-state index >= 15 is 0 Å². The Morgan fingerprint density at radius 2 is 1.96 bits per heavy atom. The molecule has 1 aliphatic heterocycles. The number of hydrogen-bond acceptors (Lipinski definition) is 6. The van der Waals surface area contributed by atoms with Crippen molar-refractivity contribution < 1.29 is 5.11 Å². The van der Waals surface area contributed by atoms with Gasteiger partial charge in [-0.2, -0.15) is 5.26 Å². The van der Waals surface area contributed by atoms with Gasteiger partial charge in [-0.05, 0) is 46.1 Å². The minimum Gasteiger partial charge on any atom is -0.396 e. The molecule has 0 radical (unpaired) electrons. The number of aliphatic hydroxyl groups excluding tert-OH is 1. The van der Waals surface area contributed by atoms with E-state index in [1.54, 1.807) is 0 Å². The van der Waals surface area contributed by atoms with Gasteiger partial charge in [-0.25, -0.2) is 4.98 Å². The van der Waals surface area contributed by atoms with Crippen molar-refractivity contribution >= 4 is 5.82 Å². The Labute approximate surface area is 145 Å². The fourth-order valence-corrected chi connectivity index (χ4v) is 3.26. The van der Waals surface area contributed by atoms with Crippen molar-refractivity contribution in [3.63, 3.8) is 0 Å². The Hall–Kier alpha value is -1.68. The van der Waals surface area contributed by atoms with Crippen LogP contribution in [-0.2, 0) is 0 Å². The normalized spacial score (nSPS) is 20.8. The fraction of sp³-hybridized carbons (Fsp3) is 0.667. The average Bonchev–Trinajstić information content (AvgIpc) is 2.95. The van der Waals surface area contributed by atoms with E-state index in [0.29, 0.717) is 11.5 Å². The van der Waals surface area contributed by atoms with Crippen molar-refractivity contribution in [3.05, 3.63) is 23.4 Å². The molecule has 0 saturated carbocycles. The molecule has 0 spiro atoms. The molecular weight excluding hydrogens is 302 g/mol. The van der Waals surface area contributed by atoms with Crippen LogP contribution in [0.2, 0.25) is 0 Å². The molecule has 2 atom stereocenters. The minimum absolute atomic E-state index is 0.177. The third-order valence-corrected chi connectivity index (χ3v) is 4.72. The van der Waals surface area contributed by atoms with Gasteiger partial charge in [0, 0.05) is 50.9 Å². The van der Waals surface area contributed by atoms with Crippen LogP contribution in [0.4, 0.5) is 5.82 Å². The molecule has 1 aliphatic rings. The van der Waals surface area contributed by atoms with Crippen molar-refractivity contribution in [2.75, 3.05) is 65.4 Å². The minimum atomic E-state index is 0.177. The molecule has 6 heteroatoms. The molecule has 6 nitrogen and oxygen atoms in total. The maximum absolute atomic E-state index is 9.77. The molecule has 1 saturated heterocycles. The van der Waals surface area contributed by atoms with Gasteiger partial charge < -0.3 is 19.8 Å². The molecule has 1 N–H and O–H groups in total. The van der Waals surface area contributed by atoms with Crippen molar-refractivity contribution in [1.29, 1.82) is 5.26 Å². The number of hydrogen-bond donors (Lipinski definition) is 1. The molecule has 0 aliphatic carbocycles. The number of likely N-dealkylation sites (N-methyl/N-ethyl adjacent to an activating group) is 2. The molecule has 24 heavy (non-hydrogen) atoms. The second-order valence-corrected chi connectivity index (χ2v) is 7.11. The number of aliphatic hydroxyl groups is 1. The van der Waals surface area contributed by atoms with E-state index in [0.717, 1.165) is 44.2 Å². The van der Waals surface area contributed by atoms with Crippen LogP contribution in [-0.4, -0.2) is 80.4 Å². The van der Waals surface area contributed by atoms with Crippen molar-refractivity contribution in [2.45, 2.75) is 6.92 Å². The van der Waals surface area contributed by atoms with Gasteiger partial charge in [-0.15, -0.1) is 0 Å². The number of aromatic nitrogens is 1. The Balaban J connectivity index is 2.06. The molecule has 2 rings (SSSR count). The quantitative estimate of drug-likeness (QED) is 0.797. The van der Waals surface area contributed by atoms with Crippen molar-refractivity contribution in [2.24, 2.45) is 11.8 Å². The molecule has 1 aromatic heterocycles. The highest BCUT2D eigenvalue weighted by Gasteiger charge is 2.34. The molecule has 0 bridgehead atoms. The van der Waals surface area contributed by atoms with E-state index < -0.39 is 0 Å². The Bertz CT molecular complexity index is 583. The lowest BCUT2D eigenvalue weighted by Gasteiger charge is -2.25. The summed E-state index contributed by atoms with van der Waals surface area (Å²) in [7, 11) is 6.29. The molecule has 0 amide bonds. The molecule has 1 aromatic rings. The molecule has 0 unspecified atom stereocenters. The maximum atomic E-state index is 9.77. The van der Waals surface area contributed by atoms with Crippen LogP contribution in [0.15, 0.2) is 12.1 Å². The standard InChI is InChI=1S/C18H29N5O/c1-14-5-6-15(9-19)18(20-14)23-11-16(17(12-23)13-24)10-22(4)8-7-21(2)3/h5-6,16-17,24H,7-8,10-13H2,1-4H3/t16-,17-/m1/s1. The highest BCUT2D eigenvalue weighted by atomic mass is 16.3. The summed E-state index contributed by atoms with van der Waals surface area (Å²) in [6.45, 7) is 6.69. The number of nitrogens with zero attached hydrogens (tertiary/aromatic N) is 5. The number of nitriles is 1. The Morgan fingerprint density at radius 1 is 1.25 bits per heavy atom. The summed E-state index contributed by atoms with van der Waals surface area (Å²) in [5.74, 6) is 1.37. The number of aryl methyl sites for hydroxylation is 1. The second kappa shape index (κ2) is 8.43. The number of anilines is 1. The van der Waals surface area contributed by atoms with E-state index in [4.69, 9.17) is 0 Å². The van der Waals surface area contributed by atoms with Crippen LogP contribution >= 0.6 is 0 Å². The van der Waals surface area contributed by atoms with Gasteiger partial charge in [-0.3, -0.25) is 0 Å².